The number of amides is 1. The molecule has 3 heterocycles. The van der Waals surface area contributed by atoms with E-state index < -0.39 is 12.1 Å². The Morgan fingerprint density at radius 1 is 1.08 bits per heavy atom. The summed E-state index contributed by atoms with van der Waals surface area (Å²) in [5.41, 5.74) is 2.20. The molecule has 4 aromatic rings. The number of fused-ring (bicyclic) bond motifs is 1. The van der Waals surface area contributed by atoms with Crippen LogP contribution in [0.3, 0.4) is 0 Å². The Morgan fingerprint density at radius 3 is 2.61 bits per heavy atom. The molecule has 36 heavy (non-hydrogen) atoms. The fraction of sp³-hybridized carbons (Fsp3) is 0.231. The number of carbonyl (C=O) groups is 1. The molecule has 1 amide bonds. The zero-order valence-corrected chi connectivity index (χ0v) is 19.6. The summed E-state index contributed by atoms with van der Waals surface area (Å²) >= 11 is 0. The minimum atomic E-state index is -2.91. The Labute approximate surface area is 205 Å². The van der Waals surface area contributed by atoms with Crippen molar-refractivity contribution in [3.63, 3.8) is 0 Å². The molecule has 1 aliphatic rings. The van der Waals surface area contributed by atoms with Crippen LogP contribution in [0.15, 0.2) is 65.8 Å². The Morgan fingerprint density at radius 2 is 1.92 bits per heavy atom. The van der Waals surface area contributed by atoms with Crippen molar-refractivity contribution in [1.82, 2.24) is 14.5 Å². The van der Waals surface area contributed by atoms with Crippen molar-refractivity contribution < 1.29 is 18.3 Å². The molecule has 184 valence electrons. The van der Waals surface area contributed by atoms with E-state index in [1.54, 1.807) is 17.0 Å². The minimum absolute atomic E-state index is 0.00949. The summed E-state index contributed by atoms with van der Waals surface area (Å²) in [7, 11) is 0. The first-order valence-electron chi connectivity index (χ1n) is 11.4. The molecular weight excluding hydrogens is 468 g/mol. The number of pyridine rings is 1. The van der Waals surface area contributed by atoms with Gasteiger partial charge in [0.2, 0.25) is 5.91 Å². The van der Waals surface area contributed by atoms with Gasteiger partial charge in [-0.1, -0.05) is 6.92 Å². The van der Waals surface area contributed by atoms with Crippen LogP contribution >= 0.6 is 0 Å². The lowest BCUT2D eigenvalue weighted by molar-refractivity contribution is -0.119. The molecule has 2 aromatic carbocycles. The Balaban J connectivity index is 1.39. The molecule has 0 bridgehead atoms. The van der Waals surface area contributed by atoms with E-state index in [0.717, 1.165) is 46.5 Å². The van der Waals surface area contributed by atoms with E-state index in [1.807, 2.05) is 38.1 Å². The van der Waals surface area contributed by atoms with Crippen molar-refractivity contribution in [3.05, 3.63) is 77.0 Å². The van der Waals surface area contributed by atoms with Crippen LogP contribution in [0.5, 0.6) is 11.5 Å². The zero-order valence-electron chi connectivity index (χ0n) is 19.6. The summed E-state index contributed by atoms with van der Waals surface area (Å²) in [6.07, 6.45) is 3.30. The number of alkyl halides is 2. The molecule has 5 rings (SSSR count). The Hall–Kier alpha value is -4.34. The third-order valence-electron chi connectivity index (χ3n) is 6.20. The maximum Gasteiger partial charge on any atom is 0.321 e. The van der Waals surface area contributed by atoms with Gasteiger partial charge in [-0.3, -0.25) is 14.2 Å². The molecule has 1 unspecified atom stereocenters. The molecular formula is C26H23F2N5O3. The average molecular weight is 491 g/mol. The number of hydrogen-bond acceptors (Lipinski definition) is 6. The predicted molar refractivity (Wildman–Crippen MR) is 132 cm³/mol. The number of rotatable bonds is 6. The number of hydrogen-bond donors (Lipinski definition) is 1. The number of nitrogens with one attached hydrogen (secondary N) is 1. The van der Waals surface area contributed by atoms with Gasteiger partial charge in [-0.2, -0.15) is 8.78 Å². The summed E-state index contributed by atoms with van der Waals surface area (Å²) in [6.45, 7) is 1.54. The normalized spacial score (nSPS) is 15.6. The molecule has 1 N–H and O–H groups in total. The predicted octanol–water partition coefficient (Wildman–Crippen LogP) is 5.40. The van der Waals surface area contributed by atoms with Gasteiger partial charge in [0.25, 0.3) is 5.56 Å². The van der Waals surface area contributed by atoms with Crippen LogP contribution < -0.4 is 20.5 Å². The highest BCUT2D eigenvalue weighted by Crippen LogP contribution is 2.32. The summed E-state index contributed by atoms with van der Waals surface area (Å²) in [6, 6.07) is 13.4. The largest absolute Gasteiger partial charge is 0.457 e. The van der Waals surface area contributed by atoms with Crippen LogP contribution in [0.1, 0.15) is 25.5 Å². The van der Waals surface area contributed by atoms with Gasteiger partial charge in [0.05, 0.1) is 5.52 Å². The molecule has 1 atom stereocenters. The highest BCUT2D eigenvalue weighted by molar-refractivity contribution is 6.00. The van der Waals surface area contributed by atoms with Gasteiger partial charge in [-0.25, -0.2) is 9.97 Å². The number of halogens is 2. The lowest BCUT2D eigenvalue weighted by Gasteiger charge is -2.18. The number of carbonyl (C=O) groups excluding carboxylic acids is 1. The first kappa shape index (κ1) is 23.4. The molecule has 0 radical (unpaired) electrons. The van der Waals surface area contributed by atoms with Crippen molar-refractivity contribution in [1.29, 1.82) is 0 Å². The Kier molecular flexibility index (Phi) is 6.09. The summed E-state index contributed by atoms with van der Waals surface area (Å²) in [5, 5.41) is 4.08. The Bertz CT molecular complexity index is 1520. The second-order valence-corrected chi connectivity index (χ2v) is 8.70. The van der Waals surface area contributed by atoms with E-state index in [-0.39, 0.29) is 17.6 Å². The maximum atomic E-state index is 12.8. The van der Waals surface area contributed by atoms with Crippen molar-refractivity contribution in [2.75, 3.05) is 16.8 Å². The molecule has 2 aromatic heterocycles. The third-order valence-corrected chi connectivity index (χ3v) is 6.20. The van der Waals surface area contributed by atoms with Crippen molar-refractivity contribution in [3.8, 4) is 11.5 Å². The summed E-state index contributed by atoms with van der Waals surface area (Å²) < 4.78 is 31.7. The molecule has 10 heteroatoms. The number of aromatic nitrogens is 3. The van der Waals surface area contributed by atoms with Crippen molar-refractivity contribution in [2.45, 2.75) is 26.8 Å². The standard InChI is InChI=1S/C26H23F2N5O3/c1-15-7-9-32(25(15)35)18-4-5-21-20(12-18)24(30-14-29-21)31-17-3-6-22(16(2)11-17)36-19-8-10-33(26(27)28)23(34)13-19/h3-6,8,10-15,26H,7,9H2,1-2H3,(H,29,30,31). The molecule has 0 spiro atoms. The highest BCUT2D eigenvalue weighted by atomic mass is 19.3. The minimum Gasteiger partial charge on any atom is -0.457 e. The van der Waals surface area contributed by atoms with Gasteiger partial charge in [-0.15, -0.1) is 0 Å². The van der Waals surface area contributed by atoms with Crippen molar-refractivity contribution in [2.24, 2.45) is 5.92 Å². The lowest BCUT2D eigenvalue weighted by atomic mass is 10.1. The van der Waals surface area contributed by atoms with Gasteiger partial charge >= 0.3 is 6.55 Å². The first-order valence-corrected chi connectivity index (χ1v) is 11.4. The van der Waals surface area contributed by atoms with E-state index in [0.29, 0.717) is 22.7 Å². The third kappa shape index (κ3) is 4.49. The number of benzene rings is 2. The second kappa shape index (κ2) is 9.37. The number of ether oxygens (including phenoxy) is 1. The zero-order chi connectivity index (χ0) is 25.4. The quantitative estimate of drug-likeness (QED) is 0.388. The summed E-state index contributed by atoms with van der Waals surface area (Å²) in [5.74, 6) is 1.35. The first-order chi connectivity index (χ1) is 17.3. The van der Waals surface area contributed by atoms with E-state index in [4.69, 9.17) is 4.74 Å². The lowest BCUT2D eigenvalue weighted by Crippen LogP contribution is -2.26. The fourth-order valence-corrected chi connectivity index (χ4v) is 4.19. The molecule has 1 aliphatic heterocycles. The smallest absolute Gasteiger partial charge is 0.321 e. The van der Waals surface area contributed by atoms with Crippen LogP contribution in [0.25, 0.3) is 10.9 Å². The summed E-state index contributed by atoms with van der Waals surface area (Å²) in [4.78, 5) is 34.8. The van der Waals surface area contributed by atoms with Crippen LogP contribution in [0.4, 0.5) is 26.0 Å². The van der Waals surface area contributed by atoms with E-state index in [9.17, 15) is 18.4 Å². The molecule has 8 nitrogen and oxygen atoms in total. The molecule has 1 fully saturated rings. The monoisotopic (exact) mass is 491 g/mol. The van der Waals surface area contributed by atoms with Gasteiger partial charge in [0.1, 0.15) is 23.6 Å². The second-order valence-electron chi connectivity index (χ2n) is 8.70. The number of anilines is 3. The van der Waals surface area contributed by atoms with Gasteiger partial charge in [-0.05, 0) is 61.4 Å². The van der Waals surface area contributed by atoms with Gasteiger partial charge in [0, 0.05) is 41.5 Å². The van der Waals surface area contributed by atoms with E-state index >= 15 is 0 Å². The van der Waals surface area contributed by atoms with Crippen LogP contribution in [0.2, 0.25) is 0 Å². The average Bonchev–Trinajstić information content (AvgIpc) is 3.18. The van der Waals surface area contributed by atoms with Crippen LogP contribution in [-0.4, -0.2) is 27.0 Å². The van der Waals surface area contributed by atoms with Crippen molar-refractivity contribution >= 4 is 34.0 Å². The van der Waals surface area contributed by atoms with Crippen LogP contribution in [-0.2, 0) is 4.79 Å². The number of aryl methyl sites for hydroxylation is 1. The topological polar surface area (TPSA) is 89.3 Å². The van der Waals surface area contributed by atoms with Gasteiger partial charge < -0.3 is 15.0 Å². The van der Waals surface area contributed by atoms with Crippen LogP contribution in [0, 0.1) is 12.8 Å². The fourth-order valence-electron chi connectivity index (χ4n) is 4.19. The molecule has 0 saturated carbocycles. The highest BCUT2D eigenvalue weighted by Gasteiger charge is 2.29. The molecule has 1 saturated heterocycles. The van der Waals surface area contributed by atoms with E-state index in [2.05, 4.69) is 15.3 Å². The van der Waals surface area contributed by atoms with E-state index in [1.165, 1.54) is 12.4 Å². The van der Waals surface area contributed by atoms with Gasteiger partial charge in [0.15, 0.2) is 0 Å². The number of nitrogens with zero attached hydrogens (tertiary/aromatic N) is 4. The molecule has 0 aliphatic carbocycles. The SMILES string of the molecule is Cc1cc(Nc2ncnc3ccc(N4CCC(C)C4=O)cc23)ccc1Oc1ccn(C(F)F)c(=O)c1. The maximum absolute atomic E-state index is 12.8.